The first-order chi connectivity index (χ1) is 17.2. The molecule has 0 aliphatic heterocycles. The smallest absolute Gasteiger partial charge is 0.271 e. The van der Waals surface area contributed by atoms with Crippen LogP contribution >= 0.6 is 0 Å². The molecule has 0 radical (unpaired) electrons. The number of rotatable bonds is 8. The molecule has 2 fully saturated rings. The van der Waals surface area contributed by atoms with Crippen molar-refractivity contribution < 1.29 is 4.79 Å². The summed E-state index contributed by atoms with van der Waals surface area (Å²) in [7, 11) is 0. The Morgan fingerprint density at radius 1 is 1.03 bits per heavy atom. The average Bonchev–Trinajstić information content (AvgIpc) is 3.46. The zero-order valence-corrected chi connectivity index (χ0v) is 19.4. The fraction of sp³-hybridized carbons (Fsp3) is 0.400. The van der Waals surface area contributed by atoms with Gasteiger partial charge in [0.2, 0.25) is 0 Å². The molecule has 0 bridgehead atoms. The molecule has 0 saturated heterocycles. The number of H-pyrrole nitrogens is 1. The molecule has 4 aromatic rings. The Labute approximate surface area is 203 Å². The van der Waals surface area contributed by atoms with Crippen LogP contribution in [0.3, 0.4) is 0 Å². The van der Waals surface area contributed by atoms with Crippen molar-refractivity contribution in [1.82, 2.24) is 40.2 Å². The molecule has 35 heavy (non-hydrogen) atoms. The van der Waals surface area contributed by atoms with Gasteiger partial charge < -0.3 is 20.4 Å². The normalized spacial score (nSPS) is 20.1. The van der Waals surface area contributed by atoms with Crippen LogP contribution in [0.4, 0.5) is 11.6 Å². The quantitative estimate of drug-likeness (QED) is 0.311. The van der Waals surface area contributed by atoms with Crippen LogP contribution in [0.25, 0.3) is 5.65 Å². The summed E-state index contributed by atoms with van der Waals surface area (Å²) in [5, 5.41) is 17.4. The van der Waals surface area contributed by atoms with E-state index in [-0.39, 0.29) is 11.9 Å². The zero-order valence-electron chi connectivity index (χ0n) is 19.4. The van der Waals surface area contributed by atoms with E-state index in [2.05, 4.69) is 47.2 Å². The van der Waals surface area contributed by atoms with Crippen molar-refractivity contribution in [3.63, 3.8) is 0 Å². The summed E-state index contributed by atoms with van der Waals surface area (Å²) in [6.07, 6.45) is 11.8. The van der Waals surface area contributed by atoms with Crippen molar-refractivity contribution in [2.75, 3.05) is 5.32 Å². The molecule has 10 heteroatoms. The van der Waals surface area contributed by atoms with Crippen molar-refractivity contribution in [3.8, 4) is 0 Å². The van der Waals surface area contributed by atoms with E-state index in [0.29, 0.717) is 24.2 Å². The lowest BCUT2D eigenvalue weighted by Crippen LogP contribution is -2.42. The van der Waals surface area contributed by atoms with Gasteiger partial charge in [-0.1, -0.05) is 6.07 Å². The second kappa shape index (κ2) is 9.46. The number of aromatic nitrogens is 6. The summed E-state index contributed by atoms with van der Waals surface area (Å²) in [5.74, 6) is 2.80. The van der Waals surface area contributed by atoms with Crippen LogP contribution in [0, 0.1) is 0 Å². The summed E-state index contributed by atoms with van der Waals surface area (Å²) in [4.78, 5) is 26.1. The molecule has 0 atom stereocenters. The molecular weight excluding hydrogens is 442 g/mol. The molecule has 4 heterocycles. The Bertz CT molecular complexity index is 1280. The number of hydrogen-bond acceptors (Lipinski definition) is 7. The van der Waals surface area contributed by atoms with E-state index in [1.165, 1.54) is 18.5 Å². The molecule has 0 spiro atoms. The van der Waals surface area contributed by atoms with Gasteiger partial charge in [0, 0.05) is 48.4 Å². The lowest BCUT2D eigenvalue weighted by atomic mass is 9.91. The lowest BCUT2D eigenvalue weighted by Gasteiger charge is -2.29. The summed E-state index contributed by atoms with van der Waals surface area (Å²) in [5.41, 5.74) is 2.42. The lowest BCUT2D eigenvalue weighted by molar-refractivity contribution is 0.0919. The predicted octanol–water partition coefficient (Wildman–Crippen LogP) is 3.30. The van der Waals surface area contributed by atoms with Crippen LogP contribution in [-0.4, -0.2) is 47.5 Å². The maximum atomic E-state index is 12.6. The Kier molecular flexibility index (Phi) is 5.87. The fourth-order valence-corrected chi connectivity index (χ4v) is 4.67. The number of hydrogen-bond donors (Lipinski definition) is 4. The van der Waals surface area contributed by atoms with E-state index in [9.17, 15) is 4.79 Å². The number of carbonyl (C=O) groups is 1. The van der Waals surface area contributed by atoms with Crippen molar-refractivity contribution >= 4 is 23.2 Å². The summed E-state index contributed by atoms with van der Waals surface area (Å²) < 4.78 is 1.86. The average molecular weight is 472 g/mol. The molecule has 6 rings (SSSR count). The maximum Gasteiger partial charge on any atom is 0.271 e. The SMILES string of the molecule is O=C(NC1CCC(NCc2nccc(Nc3cc(C4CC4)[nH]n3)n2)CC1)c1cn2ccccc2n1. The molecule has 4 aromatic heterocycles. The van der Waals surface area contributed by atoms with Crippen LogP contribution < -0.4 is 16.0 Å². The number of anilines is 2. The number of fused-ring (bicyclic) bond motifs is 1. The Morgan fingerprint density at radius 2 is 1.89 bits per heavy atom. The van der Waals surface area contributed by atoms with E-state index < -0.39 is 0 Å². The van der Waals surface area contributed by atoms with Gasteiger partial charge in [0.25, 0.3) is 5.91 Å². The summed E-state index contributed by atoms with van der Waals surface area (Å²) in [6.45, 7) is 0.604. The highest BCUT2D eigenvalue weighted by atomic mass is 16.2. The zero-order chi connectivity index (χ0) is 23.6. The highest BCUT2D eigenvalue weighted by Gasteiger charge is 2.26. The first-order valence-electron chi connectivity index (χ1n) is 12.3. The molecule has 1 amide bonds. The van der Waals surface area contributed by atoms with Gasteiger partial charge in [0.15, 0.2) is 5.82 Å². The predicted molar refractivity (Wildman–Crippen MR) is 131 cm³/mol. The molecule has 2 aliphatic carbocycles. The molecule has 2 aliphatic rings. The van der Waals surface area contributed by atoms with Gasteiger partial charge in [0.05, 0.1) is 6.54 Å². The van der Waals surface area contributed by atoms with E-state index in [0.717, 1.165) is 48.8 Å². The molecule has 4 N–H and O–H groups in total. The fourth-order valence-electron chi connectivity index (χ4n) is 4.67. The second-order valence-electron chi connectivity index (χ2n) is 9.46. The van der Waals surface area contributed by atoms with Gasteiger partial charge in [0.1, 0.15) is 23.0 Å². The molecule has 10 nitrogen and oxygen atoms in total. The topological polar surface area (TPSA) is 125 Å². The van der Waals surface area contributed by atoms with Crippen molar-refractivity contribution in [1.29, 1.82) is 0 Å². The van der Waals surface area contributed by atoms with Crippen LogP contribution in [0.5, 0.6) is 0 Å². The molecule has 0 unspecified atom stereocenters. The van der Waals surface area contributed by atoms with Crippen LogP contribution in [-0.2, 0) is 6.54 Å². The third-order valence-corrected chi connectivity index (χ3v) is 6.78. The summed E-state index contributed by atoms with van der Waals surface area (Å²) >= 11 is 0. The van der Waals surface area contributed by atoms with Gasteiger partial charge in [-0.25, -0.2) is 15.0 Å². The molecule has 180 valence electrons. The number of carbonyl (C=O) groups excluding carboxylic acids is 1. The largest absolute Gasteiger partial charge is 0.348 e. The van der Waals surface area contributed by atoms with Gasteiger partial charge in [-0.05, 0) is 56.7 Å². The van der Waals surface area contributed by atoms with Crippen LogP contribution in [0.1, 0.15) is 66.4 Å². The van der Waals surface area contributed by atoms with Gasteiger partial charge in [-0.2, -0.15) is 5.10 Å². The van der Waals surface area contributed by atoms with E-state index in [1.807, 2.05) is 34.9 Å². The first kappa shape index (κ1) is 21.7. The third kappa shape index (κ3) is 5.17. The number of aromatic amines is 1. The highest BCUT2D eigenvalue weighted by molar-refractivity contribution is 5.93. The number of nitrogens with zero attached hydrogens (tertiary/aromatic N) is 5. The second-order valence-corrected chi connectivity index (χ2v) is 9.46. The number of imidazole rings is 1. The van der Waals surface area contributed by atoms with E-state index in [1.54, 1.807) is 12.4 Å². The van der Waals surface area contributed by atoms with Crippen LogP contribution in [0.2, 0.25) is 0 Å². The van der Waals surface area contributed by atoms with Crippen molar-refractivity contribution in [2.24, 2.45) is 0 Å². The highest BCUT2D eigenvalue weighted by Crippen LogP contribution is 2.39. The monoisotopic (exact) mass is 471 g/mol. The third-order valence-electron chi connectivity index (χ3n) is 6.78. The minimum absolute atomic E-state index is 0.107. The van der Waals surface area contributed by atoms with Crippen molar-refractivity contribution in [3.05, 3.63) is 66.1 Å². The maximum absolute atomic E-state index is 12.6. The number of nitrogens with one attached hydrogen (secondary N) is 4. The van der Waals surface area contributed by atoms with E-state index in [4.69, 9.17) is 0 Å². The van der Waals surface area contributed by atoms with Crippen molar-refractivity contribution in [2.45, 2.75) is 63.1 Å². The Morgan fingerprint density at radius 3 is 2.71 bits per heavy atom. The molecule has 0 aromatic carbocycles. The first-order valence-corrected chi connectivity index (χ1v) is 12.3. The Balaban J connectivity index is 0.966. The van der Waals surface area contributed by atoms with E-state index >= 15 is 0 Å². The minimum Gasteiger partial charge on any atom is -0.348 e. The standard InChI is InChI=1S/C25H29N9O/c35-25(20-15-34-12-2-1-3-24(34)29-20)28-18-8-6-17(7-9-18)27-14-23-26-11-10-21(31-23)30-22-13-19(32-33-22)16-4-5-16/h1-3,10-13,15-18,27H,4-9,14H2,(H,28,35)(H2,26,30,31,32,33). The molecule has 2 saturated carbocycles. The van der Waals surface area contributed by atoms with Gasteiger partial charge in [-0.3, -0.25) is 9.89 Å². The van der Waals surface area contributed by atoms with Gasteiger partial charge in [-0.15, -0.1) is 0 Å². The minimum atomic E-state index is -0.107. The van der Waals surface area contributed by atoms with Gasteiger partial charge >= 0.3 is 0 Å². The summed E-state index contributed by atoms with van der Waals surface area (Å²) in [6, 6.07) is 10.2. The number of amides is 1. The Hall–Kier alpha value is -3.79. The van der Waals surface area contributed by atoms with Crippen LogP contribution in [0.15, 0.2) is 48.9 Å². The molecular formula is C25H29N9O. The number of pyridine rings is 1.